The quantitative estimate of drug-likeness (QED) is 0.568. The zero-order valence-corrected chi connectivity index (χ0v) is 8.10. The fourth-order valence-corrected chi connectivity index (χ4v) is 2.69. The van der Waals surface area contributed by atoms with E-state index in [4.69, 9.17) is 5.73 Å². The molecule has 2 aromatic rings. The zero-order chi connectivity index (χ0) is 9.71. The second-order valence-electron chi connectivity index (χ2n) is 3.30. The number of ketones is 1. The molecule has 1 aromatic carbocycles. The number of hydrogen-bond acceptors (Lipinski definition) is 3. The van der Waals surface area contributed by atoms with Crippen LogP contribution in [0.15, 0.2) is 29.0 Å². The Balaban J connectivity index is 2.44. The van der Waals surface area contributed by atoms with Gasteiger partial charge in [0.1, 0.15) is 0 Å². The average molecular weight is 201 g/mol. The van der Waals surface area contributed by atoms with Crippen LogP contribution in [-0.4, -0.2) is 5.78 Å². The molecule has 2 nitrogen and oxygen atoms in total. The zero-order valence-electron chi connectivity index (χ0n) is 7.28. The molecule has 1 aliphatic rings. The molecule has 0 aliphatic heterocycles. The van der Waals surface area contributed by atoms with E-state index in [0.29, 0.717) is 11.3 Å². The van der Waals surface area contributed by atoms with E-state index in [1.165, 1.54) is 0 Å². The minimum Gasteiger partial charge on any atom is -0.398 e. The van der Waals surface area contributed by atoms with Crippen molar-refractivity contribution in [3.8, 4) is 11.1 Å². The van der Waals surface area contributed by atoms with Gasteiger partial charge in [-0.1, -0.05) is 12.1 Å². The van der Waals surface area contributed by atoms with Gasteiger partial charge in [-0.3, -0.25) is 4.79 Å². The molecule has 3 rings (SSSR count). The molecule has 0 fully saturated rings. The van der Waals surface area contributed by atoms with Crippen molar-refractivity contribution in [2.45, 2.75) is 0 Å². The van der Waals surface area contributed by atoms with E-state index in [9.17, 15) is 4.79 Å². The second kappa shape index (κ2) is 2.45. The highest BCUT2D eigenvalue weighted by Gasteiger charge is 2.28. The molecule has 0 atom stereocenters. The average Bonchev–Trinajstić information content (AvgIpc) is 2.71. The lowest BCUT2D eigenvalue weighted by Gasteiger charge is -2.00. The minimum atomic E-state index is 0.0642. The fourth-order valence-electron chi connectivity index (χ4n) is 1.86. The predicted molar refractivity (Wildman–Crippen MR) is 57.6 cm³/mol. The Morgan fingerprint density at radius 1 is 1.07 bits per heavy atom. The van der Waals surface area contributed by atoms with Crippen molar-refractivity contribution in [1.29, 1.82) is 0 Å². The van der Waals surface area contributed by atoms with Crippen molar-refractivity contribution in [2.24, 2.45) is 0 Å². The van der Waals surface area contributed by atoms with Gasteiger partial charge < -0.3 is 5.73 Å². The maximum Gasteiger partial charge on any atom is 0.197 e. The van der Waals surface area contributed by atoms with Crippen LogP contribution in [0.25, 0.3) is 11.1 Å². The number of carbonyl (C=O) groups excluding carboxylic acids is 1. The lowest BCUT2D eigenvalue weighted by molar-refractivity contribution is 0.104. The largest absolute Gasteiger partial charge is 0.398 e. The molecule has 0 saturated carbocycles. The molecular formula is C11H7NOS. The van der Waals surface area contributed by atoms with Crippen LogP contribution in [-0.2, 0) is 0 Å². The molecule has 0 spiro atoms. The Morgan fingerprint density at radius 2 is 1.86 bits per heavy atom. The molecule has 1 aromatic heterocycles. The van der Waals surface area contributed by atoms with E-state index in [0.717, 1.165) is 16.7 Å². The highest BCUT2D eigenvalue weighted by molar-refractivity contribution is 7.08. The van der Waals surface area contributed by atoms with Crippen molar-refractivity contribution in [1.82, 2.24) is 0 Å². The van der Waals surface area contributed by atoms with Gasteiger partial charge in [-0.2, -0.15) is 11.3 Å². The van der Waals surface area contributed by atoms with Crippen LogP contribution in [0, 0.1) is 0 Å². The van der Waals surface area contributed by atoms with E-state index in [1.807, 2.05) is 22.9 Å². The van der Waals surface area contributed by atoms with E-state index < -0.39 is 0 Å². The summed E-state index contributed by atoms with van der Waals surface area (Å²) in [6.07, 6.45) is 0. The highest BCUT2D eigenvalue weighted by Crippen LogP contribution is 2.40. The van der Waals surface area contributed by atoms with Gasteiger partial charge in [-0.25, -0.2) is 0 Å². The van der Waals surface area contributed by atoms with Crippen LogP contribution < -0.4 is 5.73 Å². The van der Waals surface area contributed by atoms with Crippen LogP contribution in [0.1, 0.15) is 15.9 Å². The summed E-state index contributed by atoms with van der Waals surface area (Å²) in [6.45, 7) is 0. The molecule has 0 unspecified atom stereocenters. The van der Waals surface area contributed by atoms with E-state index in [-0.39, 0.29) is 5.78 Å². The molecule has 2 N–H and O–H groups in total. The smallest absolute Gasteiger partial charge is 0.197 e. The molecule has 14 heavy (non-hydrogen) atoms. The van der Waals surface area contributed by atoms with Crippen LogP contribution >= 0.6 is 11.3 Å². The Hall–Kier alpha value is -1.61. The number of anilines is 1. The molecule has 0 radical (unpaired) electrons. The lowest BCUT2D eigenvalue weighted by atomic mass is 10.1. The lowest BCUT2D eigenvalue weighted by Crippen LogP contribution is -1.99. The number of nitrogens with two attached hydrogens (primary N) is 1. The topological polar surface area (TPSA) is 43.1 Å². The maximum absolute atomic E-state index is 11.9. The first-order valence-electron chi connectivity index (χ1n) is 4.29. The molecule has 3 heteroatoms. The van der Waals surface area contributed by atoms with Crippen LogP contribution in [0.5, 0.6) is 0 Å². The summed E-state index contributed by atoms with van der Waals surface area (Å²) in [7, 11) is 0. The Labute approximate surface area is 85.0 Å². The summed E-state index contributed by atoms with van der Waals surface area (Å²) in [5.74, 6) is 0.0642. The SMILES string of the molecule is Nc1cccc2c1C(=O)c1cscc1-2. The second-order valence-corrected chi connectivity index (χ2v) is 4.04. The Kier molecular flexibility index (Phi) is 1.36. The summed E-state index contributed by atoms with van der Waals surface area (Å²) in [5, 5.41) is 3.88. The molecule has 68 valence electrons. The summed E-state index contributed by atoms with van der Waals surface area (Å²) in [4.78, 5) is 11.9. The molecule has 0 amide bonds. The fraction of sp³-hybridized carbons (Fsp3) is 0. The normalized spacial score (nSPS) is 12.7. The monoisotopic (exact) mass is 201 g/mol. The van der Waals surface area contributed by atoms with Gasteiger partial charge in [0.05, 0.1) is 5.56 Å². The van der Waals surface area contributed by atoms with Crippen LogP contribution in [0.3, 0.4) is 0 Å². The van der Waals surface area contributed by atoms with Crippen molar-refractivity contribution in [3.05, 3.63) is 40.1 Å². The predicted octanol–water partition coefficient (Wildman–Crippen LogP) is 2.54. The van der Waals surface area contributed by atoms with E-state index >= 15 is 0 Å². The molecule has 0 saturated heterocycles. The van der Waals surface area contributed by atoms with Crippen molar-refractivity contribution >= 4 is 22.8 Å². The maximum atomic E-state index is 11.9. The summed E-state index contributed by atoms with van der Waals surface area (Å²) < 4.78 is 0. The third-order valence-electron chi connectivity index (χ3n) is 2.52. The third kappa shape index (κ3) is 0.775. The van der Waals surface area contributed by atoms with Gasteiger partial charge >= 0.3 is 0 Å². The molecule has 1 heterocycles. The van der Waals surface area contributed by atoms with Crippen molar-refractivity contribution in [3.63, 3.8) is 0 Å². The summed E-state index contributed by atoms with van der Waals surface area (Å²) in [6, 6.07) is 5.60. The van der Waals surface area contributed by atoms with Gasteiger partial charge in [-0.15, -0.1) is 0 Å². The third-order valence-corrected chi connectivity index (χ3v) is 3.26. The number of carbonyl (C=O) groups is 1. The number of rotatable bonds is 0. The van der Waals surface area contributed by atoms with Crippen molar-refractivity contribution in [2.75, 3.05) is 5.73 Å². The van der Waals surface area contributed by atoms with Gasteiger partial charge in [0.25, 0.3) is 0 Å². The summed E-state index contributed by atoms with van der Waals surface area (Å²) in [5.41, 5.74) is 9.83. The Bertz CT molecular complexity index is 542. The molecular weight excluding hydrogens is 194 g/mol. The highest BCUT2D eigenvalue weighted by atomic mass is 32.1. The summed E-state index contributed by atoms with van der Waals surface area (Å²) >= 11 is 1.55. The standard InChI is InChI=1S/C11H7NOS/c12-9-3-1-2-6-7-4-14-5-8(7)11(13)10(6)9/h1-5H,12H2. The van der Waals surface area contributed by atoms with Crippen LogP contribution in [0.4, 0.5) is 5.69 Å². The van der Waals surface area contributed by atoms with Gasteiger partial charge in [-0.05, 0) is 17.0 Å². The first-order valence-corrected chi connectivity index (χ1v) is 5.23. The molecule has 0 bridgehead atoms. The van der Waals surface area contributed by atoms with Crippen molar-refractivity contribution < 1.29 is 4.79 Å². The number of benzene rings is 1. The molecule has 1 aliphatic carbocycles. The number of fused-ring (bicyclic) bond motifs is 3. The van der Waals surface area contributed by atoms with Gasteiger partial charge in [0.2, 0.25) is 0 Å². The number of thiophene rings is 1. The van der Waals surface area contributed by atoms with E-state index in [2.05, 4.69) is 0 Å². The van der Waals surface area contributed by atoms with E-state index in [1.54, 1.807) is 17.4 Å². The Morgan fingerprint density at radius 3 is 2.71 bits per heavy atom. The van der Waals surface area contributed by atoms with Gasteiger partial charge in [0.15, 0.2) is 5.78 Å². The first-order chi connectivity index (χ1) is 6.79. The first kappa shape index (κ1) is 7.76. The van der Waals surface area contributed by atoms with Crippen LogP contribution in [0.2, 0.25) is 0 Å². The number of nitrogen functional groups attached to an aromatic ring is 1. The minimum absolute atomic E-state index is 0.0642. The van der Waals surface area contributed by atoms with Gasteiger partial charge in [0, 0.05) is 22.2 Å². The number of hydrogen-bond donors (Lipinski definition) is 1.